The molecular weight excluding hydrogens is 342 g/mol. The normalized spacial score (nSPS) is 33.0. The molecule has 0 bridgehead atoms. The molecule has 2 saturated heterocycles. The van der Waals surface area contributed by atoms with Gasteiger partial charge in [-0.05, 0) is 38.1 Å². The van der Waals surface area contributed by atoms with Crippen LogP contribution in [0, 0.1) is 0 Å². The average Bonchev–Trinajstić information content (AvgIpc) is 2.59. The smallest absolute Gasteiger partial charge is 0.223 e. The van der Waals surface area contributed by atoms with E-state index in [1.807, 2.05) is 0 Å². The lowest BCUT2D eigenvalue weighted by atomic mass is 9.95. The first kappa shape index (κ1) is 18.9. The van der Waals surface area contributed by atoms with E-state index in [0.29, 0.717) is 11.5 Å². The van der Waals surface area contributed by atoms with Gasteiger partial charge in [0.15, 0.2) is 5.79 Å². The summed E-state index contributed by atoms with van der Waals surface area (Å²) in [5.41, 5.74) is 0. The molecule has 1 amide bonds. The number of fused-ring (bicyclic) bond motifs is 1. The molecule has 144 valence electrons. The van der Waals surface area contributed by atoms with E-state index in [1.165, 1.54) is 6.92 Å². The Balaban J connectivity index is 1.79. The minimum absolute atomic E-state index is 0.254. The number of hydrogen-bond donors (Lipinski definition) is 2. The standard InChI is InChI=1S/C18H25NO7/c1-10(20)19-14-15(21)16-13(9-23-18(2,3)26-16)25-17(14)24-12-7-5-11(22-4)6-8-12/h5-8,13-17,21H,9H2,1-4H3,(H,19,20)/t13-,14-,15-,16+,17+/m1/s1. The molecule has 1 aromatic rings. The number of carbonyl (C=O) groups excluding carboxylic acids is 1. The maximum absolute atomic E-state index is 11.6. The Morgan fingerprint density at radius 2 is 1.92 bits per heavy atom. The molecule has 2 heterocycles. The Morgan fingerprint density at radius 1 is 1.27 bits per heavy atom. The van der Waals surface area contributed by atoms with Gasteiger partial charge in [0.1, 0.15) is 35.9 Å². The summed E-state index contributed by atoms with van der Waals surface area (Å²) in [4.78, 5) is 11.6. The monoisotopic (exact) mass is 367 g/mol. The number of nitrogens with one attached hydrogen (secondary N) is 1. The molecule has 26 heavy (non-hydrogen) atoms. The largest absolute Gasteiger partial charge is 0.497 e. The van der Waals surface area contributed by atoms with Gasteiger partial charge < -0.3 is 34.1 Å². The second-order valence-electron chi connectivity index (χ2n) is 6.85. The van der Waals surface area contributed by atoms with Crippen molar-refractivity contribution in [3.8, 4) is 11.5 Å². The molecular formula is C18H25NO7. The lowest BCUT2D eigenvalue weighted by molar-refractivity contribution is -0.361. The quantitative estimate of drug-likeness (QED) is 0.813. The number of benzene rings is 1. The summed E-state index contributed by atoms with van der Waals surface area (Å²) in [5.74, 6) is 0.0768. The van der Waals surface area contributed by atoms with E-state index in [2.05, 4.69) is 5.32 Å². The van der Waals surface area contributed by atoms with E-state index in [9.17, 15) is 9.90 Å². The number of methoxy groups -OCH3 is 1. The lowest BCUT2D eigenvalue weighted by Crippen LogP contribution is -2.69. The molecule has 0 saturated carbocycles. The van der Waals surface area contributed by atoms with Crippen molar-refractivity contribution in [2.24, 2.45) is 0 Å². The van der Waals surface area contributed by atoms with Gasteiger partial charge in [0.05, 0.1) is 13.7 Å². The Bertz CT molecular complexity index is 633. The fourth-order valence-corrected chi connectivity index (χ4v) is 3.12. The average molecular weight is 367 g/mol. The summed E-state index contributed by atoms with van der Waals surface area (Å²) in [6, 6.07) is 6.16. The van der Waals surface area contributed by atoms with Crippen LogP contribution in [0.3, 0.4) is 0 Å². The van der Waals surface area contributed by atoms with Crippen LogP contribution >= 0.6 is 0 Å². The third-order valence-corrected chi connectivity index (χ3v) is 4.37. The van der Waals surface area contributed by atoms with Gasteiger partial charge in [-0.1, -0.05) is 0 Å². The van der Waals surface area contributed by atoms with Crippen LogP contribution < -0.4 is 14.8 Å². The highest BCUT2D eigenvalue weighted by molar-refractivity contribution is 5.73. The highest BCUT2D eigenvalue weighted by Gasteiger charge is 2.52. The molecule has 0 aliphatic carbocycles. The molecule has 2 fully saturated rings. The highest BCUT2D eigenvalue weighted by atomic mass is 16.8. The maximum Gasteiger partial charge on any atom is 0.223 e. The number of amides is 1. The molecule has 5 atom stereocenters. The SMILES string of the molecule is COc1ccc(O[C@H]2O[C@@H]3COC(C)(C)O[C@@H]3[C@H](O)[C@H]2NC(C)=O)cc1. The Labute approximate surface area is 152 Å². The highest BCUT2D eigenvalue weighted by Crippen LogP contribution is 2.33. The van der Waals surface area contributed by atoms with E-state index in [-0.39, 0.29) is 12.5 Å². The van der Waals surface area contributed by atoms with Gasteiger partial charge in [0.25, 0.3) is 0 Å². The van der Waals surface area contributed by atoms with Crippen LogP contribution in [-0.2, 0) is 19.0 Å². The summed E-state index contributed by atoms with van der Waals surface area (Å²) in [6.07, 6.45) is -3.04. The second kappa shape index (κ2) is 7.40. The summed E-state index contributed by atoms with van der Waals surface area (Å²) in [6.45, 7) is 5.16. The summed E-state index contributed by atoms with van der Waals surface area (Å²) < 4.78 is 28.4. The first-order valence-electron chi connectivity index (χ1n) is 8.52. The number of ether oxygens (including phenoxy) is 5. The molecule has 0 radical (unpaired) electrons. The number of rotatable bonds is 4. The van der Waals surface area contributed by atoms with Gasteiger partial charge in [0, 0.05) is 6.92 Å². The minimum atomic E-state index is -1.01. The van der Waals surface area contributed by atoms with Crippen LogP contribution in [0.2, 0.25) is 0 Å². The van der Waals surface area contributed by atoms with Gasteiger partial charge in [-0.15, -0.1) is 0 Å². The van der Waals surface area contributed by atoms with E-state index in [4.69, 9.17) is 23.7 Å². The Hall–Kier alpha value is -1.87. The van der Waals surface area contributed by atoms with Gasteiger partial charge in [0.2, 0.25) is 12.2 Å². The molecule has 0 spiro atoms. The molecule has 0 unspecified atom stereocenters. The molecule has 3 rings (SSSR count). The topological polar surface area (TPSA) is 95.5 Å². The van der Waals surface area contributed by atoms with Crippen LogP contribution in [0.4, 0.5) is 0 Å². The van der Waals surface area contributed by atoms with E-state index in [1.54, 1.807) is 45.2 Å². The van der Waals surface area contributed by atoms with Gasteiger partial charge in [-0.3, -0.25) is 4.79 Å². The molecule has 2 aliphatic heterocycles. The predicted octanol–water partition coefficient (Wildman–Crippen LogP) is 0.816. The van der Waals surface area contributed by atoms with Gasteiger partial charge >= 0.3 is 0 Å². The Kier molecular flexibility index (Phi) is 5.38. The van der Waals surface area contributed by atoms with Crippen LogP contribution in [0.15, 0.2) is 24.3 Å². The molecule has 2 N–H and O–H groups in total. The maximum atomic E-state index is 11.6. The third kappa shape index (κ3) is 4.09. The van der Waals surface area contributed by atoms with Crippen molar-refractivity contribution in [1.82, 2.24) is 5.32 Å². The van der Waals surface area contributed by atoms with E-state index in [0.717, 1.165) is 0 Å². The number of aliphatic hydroxyl groups excluding tert-OH is 1. The van der Waals surface area contributed by atoms with Crippen LogP contribution in [0.1, 0.15) is 20.8 Å². The first-order chi connectivity index (χ1) is 12.3. The number of hydrogen-bond acceptors (Lipinski definition) is 7. The fraction of sp³-hybridized carbons (Fsp3) is 0.611. The van der Waals surface area contributed by atoms with Crippen molar-refractivity contribution in [3.05, 3.63) is 24.3 Å². The summed E-state index contributed by atoms with van der Waals surface area (Å²) in [7, 11) is 1.58. The minimum Gasteiger partial charge on any atom is -0.497 e. The van der Waals surface area contributed by atoms with Crippen molar-refractivity contribution in [1.29, 1.82) is 0 Å². The van der Waals surface area contributed by atoms with Crippen LogP contribution in [-0.4, -0.2) is 61.2 Å². The summed E-state index contributed by atoms with van der Waals surface area (Å²) >= 11 is 0. The first-order valence-corrected chi connectivity index (χ1v) is 8.52. The summed E-state index contributed by atoms with van der Waals surface area (Å²) in [5, 5.41) is 13.5. The zero-order valence-electron chi connectivity index (χ0n) is 15.3. The zero-order chi connectivity index (χ0) is 18.9. The molecule has 1 aromatic carbocycles. The molecule has 8 nitrogen and oxygen atoms in total. The molecule has 2 aliphatic rings. The van der Waals surface area contributed by atoms with E-state index < -0.39 is 36.4 Å². The van der Waals surface area contributed by atoms with Crippen molar-refractivity contribution in [3.63, 3.8) is 0 Å². The number of aliphatic hydroxyl groups is 1. The number of carbonyl (C=O) groups is 1. The van der Waals surface area contributed by atoms with Gasteiger partial charge in [-0.25, -0.2) is 0 Å². The van der Waals surface area contributed by atoms with Gasteiger partial charge in [-0.2, -0.15) is 0 Å². The predicted molar refractivity (Wildman–Crippen MR) is 90.8 cm³/mol. The lowest BCUT2D eigenvalue weighted by Gasteiger charge is -2.49. The molecule has 0 aromatic heterocycles. The van der Waals surface area contributed by atoms with Crippen molar-refractivity contribution in [2.75, 3.05) is 13.7 Å². The second-order valence-corrected chi connectivity index (χ2v) is 6.85. The fourth-order valence-electron chi connectivity index (χ4n) is 3.12. The van der Waals surface area contributed by atoms with Crippen LogP contribution in [0.5, 0.6) is 11.5 Å². The van der Waals surface area contributed by atoms with Crippen LogP contribution in [0.25, 0.3) is 0 Å². The van der Waals surface area contributed by atoms with Crippen molar-refractivity contribution in [2.45, 2.75) is 57.2 Å². The zero-order valence-corrected chi connectivity index (χ0v) is 15.3. The Morgan fingerprint density at radius 3 is 2.54 bits per heavy atom. The van der Waals surface area contributed by atoms with Crippen molar-refractivity contribution >= 4 is 5.91 Å². The van der Waals surface area contributed by atoms with E-state index >= 15 is 0 Å². The third-order valence-electron chi connectivity index (χ3n) is 4.37. The van der Waals surface area contributed by atoms with Crippen molar-refractivity contribution < 1.29 is 33.6 Å². The molecule has 8 heteroatoms.